The third kappa shape index (κ3) is 8.78. The lowest BCUT2D eigenvalue weighted by Gasteiger charge is -2.30. The number of aliphatic hydroxyl groups excluding tert-OH is 2. The van der Waals surface area contributed by atoms with Gasteiger partial charge in [0.25, 0.3) is 0 Å². The molecule has 7 nitrogen and oxygen atoms in total. The molecule has 0 aliphatic heterocycles. The van der Waals surface area contributed by atoms with Gasteiger partial charge in [-0.1, -0.05) is 6.58 Å². The summed E-state index contributed by atoms with van der Waals surface area (Å²) in [6, 6.07) is 0. The summed E-state index contributed by atoms with van der Waals surface area (Å²) in [6.45, 7) is 13.8. The second kappa shape index (κ2) is 10.6. The standard InChI is InChI=1S/C19H34O7/c1-8-14(26-17(23)19(5,6)7)15(13(21)12-20)24-10-9-11-25-16(22)18(2,3)4/h8,13-15,20-21H,1,9-12H2,2-7H3/t13-,14-,15-/m1/s1. The van der Waals surface area contributed by atoms with Crippen LogP contribution in [0.4, 0.5) is 0 Å². The normalized spacial score (nSPS) is 15.7. The fourth-order valence-electron chi connectivity index (χ4n) is 1.74. The fraction of sp³-hybridized carbons (Fsp3) is 0.789. The third-order valence-corrected chi connectivity index (χ3v) is 3.42. The number of hydrogen-bond donors (Lipinski definition) is 2. The Balaban J connectivity index is 4.67. The molecule has 152 valence electrons. The number of rotatable bonds is 10. The van der Waals surface area contributed by atoms with Gasteiger partial charge in [0.1, 0.15) is 18.3 Å². The van der Waals surface area contributed by atoms with Crippen LogP contribution in [-0.2, 0) is 23.8 Å². The Morgan fingerprint density at radius 1 is 1.04 bits per heavy atom. The molecular weight excluding hydrogens is 340 g/mol. The van der Waals surface area contributed by atoms with Crippen molar-refractivity contribution in [3.63, 3.8) is 0 Å². The van der Waals surface area contributed by atoms with Crippen LogP contribution in [0.15, 0.2) is 12.7 Å². The van der Waals surface area contributed by atoms with Crippen LogP contribution in [-0.4, -0.2) is 60.3 Å². The van der Waals surface area contributed by atoms with Gasteiger partial charge in [-0.25, -0.2) is 0 Å². The molecule has 0 aliphatic carbocycles. The van der Waals surface area contributed by atoms with Crippen LogP contribution in [0.25, 0.3) is 0 Å². The quantitative estimate of drug-likeness (QED) is 0.342. The van der Waals surface area contributed by atoms with Gasteiger partial charge < -0.3 is 24.4 Å². The van der Waals surface area contributed by atoms with Gasteiger partial charge in [-0.05, 0) is 47.6 Å². The van der Waals surface area contributed by atoms with E-state index in [1.165, 1.54) is 6.08 Å². The maximum absolute atomic E-state index is 12.1. The number of aliphatic hydroxyl groups is 2. The second-order valence-electron chi connectivity index (χ2n) is 8.18. The molecule has 0 aliphatic rings. The molecular formula is C19H34O7. The molecule has 2 N–H and O–H groups in total. The molecule has 3 atom stereocenters. The molecule has 26 heavy (non-hydrogen) atoms. The van der Waals surface area contributed by atoms with Gasteiger partial charge in [0.05, 0.1) is 30.7 Å². The molecule has 0 saturated heterocycles. The highest BCUT2D eigenvalue weighted by molar-refractivity contribution is 5.76. The van der Waals surface area contributed by atoms with Gasteiger partial charge >= 0.3 is 11.9 Å². The van der Waals surface area contributed by atoms with E-state index in [1.54, 1.807) is 41.5 Å². The zero-order chi connectivity index (χ0) is 20.5. The lowest BCUT2D eigenvalue weighted by atomic mass is 9.97. The van der Waals surface area contributed by atoms with Gasteiger partial charge in [-0.15, -0.1) is 0 Å². The number of carbonyl (C=O) groups is 2. The van der Waals surface area contributed by atoms with E-state index >= 15 is 0 Å². The van der Waals surface area contributed by atoms with Crippen molar-refractivity contribution in [1.82, 2.24) is 0 Å². The van der Waals surface area contributed by atoms with E-state index in [2.05, 4.69) is 6.58 Å². The Kier molecular flexibility index (Phi) is 10.1. The van der Waals surface area contributed by atoms with Crippen molar-refractivity contribution in [2.24, 2.45) is 10.8 Å². The van der Waals surface area contributed by atoms with E-state index in [-0.39, 0.29) is 19.2 Å². The molecule has 0 fully saturated rings. The van der Waals surface area contributed by atoms with Crippen LogP contribution in [0.2, 0.25) is 0 Å². The highest BCUT2D eigenvalue weighted by Crippen LogP contribution is 2.20. The summed E-state index contributed by atoms with van der Waals surface area (Å²) in [5.74, 6) is -0.784. The first-order chi connectivity index (χ1) is 11.8. The van der Waals surface area contributed by atoms with Gasteiger partial charge in [0, 0.05) is 6.42 Å². The minimum atomic E-state index is -1.25. The third-order valence-electron chi connectivity index (χ3n) is 3.42. The van der Waals surface area contributed by atoms with Crippen molar-refractivity contribution in [3.05, 3.63) is 12.7 Å². The number of hydrogen-bond acceptors (Lipinski definition) is 7. The zero-order valence-corrected chi connectivity index (χ0v) is 16.8. The largest absolute Gasteiger partial charge is 0.465 e. The van der Waals surface area contributed by atoms with E-state index in [9.17, 15) is 19.8 Å². The van der Waals surface area contributed by atoms with Gasteiger partial charge in [-0.2, -0.15) is 0 Å². The summed E-state index contributed by atoms with van der Waals surface area (Å²) in [6.07, 6.45) is -1.38. The molecule has 0 aromatic carbocycles. The predicted molar refractivity (Wildman–Crippen MR) is 97.4 cm³/mol. The molecule has 0 bridgehead atoms. The Labute approximate surface area is 156 Å². The minimum Gasteiger partial charge on any atom is -0.465 e. The number of carbonyl (C=O) groups excluding carboxylic acids is 2. The maximum Gasteiger partial charge on any atom is 0.311 e. The first-order valence-electron chi connectivity index (χ1n) is 8.76. The molecule has 0 unspecified atom stereocenters. The smallest absolute Gasteiger partial charge is 0.311 e. The molecule has 7 heteroatoms. The van der Waals surface area contributed by atoms with E-state index in [0.29, 0.717) is 6.42 Å². The van der Waals surface area contributed by atoms with Crippen LogP contribution in [0.3, 0.4) is 0 Å². The fourth-order valence-corrected chi connectivity index (χ4v) is 1.74. The summed E-state index contributed by atoms with van der Waals surface area (Å²) in [7, 11) is 0. The summed E-state index contributed by atoms with van der Waals surface area (Å²) in [5, 5.41) is 19.2. The van der Waals surface area contributed by atoms with E-state index < -0.39 is 41.7 Å². The average Bonchev–Trinajstić information content (AvgIpc) is 2.53. The highest BCUT2D eigenvalue weighted by atomic mass is 16.6. The van der Waals surface area contributed by atoms with Crippen molar-refractivity contribution in [2.75, 3.05) is 19.8 Å². The Hall–Kier alpha value is -1.44. The van der Waals surface area contributed by atoms with Crippen molar-refractivity contribution >= 4 is 11.9 Å². The molecule has 0 saturated carbocycles. The van der Waals surface area contributed by atoms with Gasteiger partial charge in [-0.3, -0.25) is 9.59 Å². The monoisotopic (exact) mass is 374 g/mol. The van der Waals surface area contributed by atoms with Crippen molar-refractivity contribution < 1.29 is 34.0 Å². The Morgan fingerprint density at radius 2 is 1.58 bits per heavy atom. The minimum absolute atomic E-state index is 0.149. The van der Waals surface area contributed by atoms with Crippen molar-refractivity contribution in [1.29, 1.82) is 0 Å². The molecule has 0 spiro atoms. The van der Waals surface area contributed by atoms with Crippen LogP contribution >= 0.6 is 0 Å². The molecule has 0 amide bonds. The predicted octanol–water partition coefficient (Wildman–Crippen LogP) is 1.85. The summed E-state index contributed by atoms with van der Waals surface area (Å²) < 4.78 is 16.1. The SMILES string of the molecule is C=C[C@@H](OC(=O)C(C)(C)C)[C@H](OCCCOC(=O)C(C)(C)C)[C@H](O)CO. The van der Waals surface area contributed by atoms with E-state index in [4.69, 9.17) is 14.2 Å². The molecule has 0 rings (SSSR count). The first kappa shape index (κ1) is 24.6. The van der Waals surface area contributed by atoms with Crippen LogP contribution in [0.5, 0.6) is 0 Å². The number of ether oxygens (including phenoxy) is 3. The van der Waals surface area contributed by atoms with Crippen LogP contribution in [0.1, 0.15) is 48.0 Å². The van der Waals surface area contributed by atoms with Gasteiger partial charge in [0.2, 0.25) is 0 Å². The Morgan fingerprint density at radius 3 is 2.00 bits per heavy atom. The van der Waals surface area contributed by atoms with Crippen LogP contribution in [0, 0.1) is 10.8 Å². The second-order valence-corrected chi connectivity index (χ2v) is 8.18. The lowest BCUT2D eigenvalue weighted by Crippen LogP contribution is -2.44. The molecule has 0 radical (unpaired) electrons. The van der Waals surface area contributed by atoms with E-state index in [1.807, 2.05) is 0 Å². The molecule has 0 heterocycles. The summed E-state index contributed by atoms with van der Waals surface area (Å²) in [5.41, 5.74) is -1.30. The summed E-state index contributed by atoms with van der Waals surface area (Å²) in [4.78, 5) is 23.7. The lowest BCUT2D eigenvalue weighted by molar-refractivity contribution is -0.171. The highest BCUT2D eigenvalue weighted by Gasteiger charge is 2.33. The van der Waals surface area contributed by atoms with Crippen molar-refractivity contribution in [3.8, 4) is 0 Å². The van der Waals surface area contributed by atoms with E-state index in [0.717, 1.165) is 0 Å². The molecule has 0 aromatic heterocycles. The van der Waals surface area contributed by atoms with Gasteiger partial charge in [0.15, 0.2) is 0 Å². The Bertz CT molecular complexity index is 459. The van der Waals surface area contributed by atoms with Crippen molar-refractivity contribution in [2.45, 2.75) is 66.3 Å². The topological polar surface area (TPSA) is 102 Å². The maximum atomic E-state index is 12.1. The number of esters is 2. The average molecular weight is 374 g/mol. The zero-order valence-electron chi connectivity index (χ0n) is 16.8. The van der Waals surface area contributed by atoms with Crippen LogP contribution < -0.4 is 0 Å². The first-order valence-corrected chi connectivity index (χ1v) is 8.76. The summed E-state index contributed by atoms with van der Waals surface area (Å²) >= 11 is 0. The molecule has 0 aromatic rings.